The molecule has 2 rings (SSSR count). The minimum absolute atomic E-state index is 0.416. The molecule has 0 radical (unpaired) electrons. The van der Waals surface area contributed by atoms with Gasteiger partial charge in [-0.25, -0.2) is 0 Å². The lowest BCUT2D eigenvalue weighted by Crippen LogP contribution is -2.29. The second-order valence-corrected chi connectivity index (χ2v) is 4.76. The van der Waals surface area contributed by atoms with Crippen LogP contribution in [0.1, 0.15) is 24.0 Å². The Bertz CT molecular complexity index is 344. The molecule has 0 aromatic heterocycles. The van der Waals surface area contributed by atoms with Crippen molar-refractivity contribution in [1.82, 2.24) is 5.32 Å². The maximum atomic E-state index is 5.04. The van der Waals surface area contributed by atoms with Gasteiger partial charge in [0.25, 0.3) is 0 Å². The summed E-state index contributed by atoms with van der Waals surface area (Å²) in [7, 11) is 1.75. The van der Waals surface area contributed by atoms with Crippen LogP contribution in [0.25, 0.3) is 0 Å². The summed E-state index contributed by atoms with van der Waals surface area (Å²) >= 11 is 0. The number of hydrogen-bond donors (Lipinski definition) is 1. The molecule has 2 nitrogen and oxygen atoms in total. The van der Waals surface area contributed by atoms with Gasteiger partial charge in [0.1, 0.15) is 0 Å². The van der Waals surface area contributed by atoms with Crippen LogP contribution in [0.4, 0.5) is 0 Å². The van der Waals surface area contributed by atoms with E-state index in [1.807, 2.05) is 0 Å². The van der Waals surface area contributed by atoms with Crippen molar-refractivity contribution < 1.29 is 4.74 Å². The maximum Gasteiger partial charge on any atom is 0.0587 e. The molecule has 2 heteroatoms. The van der Waals surface area contributed by atoms with E-state index < -0.39 is 0 Å². The fraction of sp³-hybridized carbons (Fsp3) is 0.571. The van der Waals surface area contributed by atoms with Crippen molar-refractivity contribution in [2.24, 2.45) is 0 Å². The minimum Gasteiger partial charge on any atom is -0.383 e. The first-order valence-electron chi connectivity index (χ1n) is 6.04. The van der Waals surface area contributed by atoms with Gasteiger partial charge < -0.3 is 10.1 Å². The molecule has 0 bridgehead atoms. The van der Waals surface area contributed by atoms with Crippen LogP contribution in [0.5, 0.6) is 0 Å². The van der Waals surface area contributed by atoms with E-state index in [1.165, 1.54) is 24.0 Å². The molecule has 1 aromatic rings. The van der Waals surface area contributed by atoms with E-state index in [9.17, 15) is 0 Å². The first kappa shape index (κ1) is 11.6. The fourth-order valence-corrected chi connectivity index (χ4v) is 2.36. The number of aryl methyl sites for hydroxylation is 1. The largest absolute Gasteiger partial charge is 0.383 e. The number of nitrogens with one attached hydrogen (secondary N) is 1. The van der Waals surface area contributed by atoms with E-state index >= 15 is 0 Å². The van der Waals surface area contributed by atoms with Gasteiger partial charge in [-0.15, -0.1) is 0 Å². The van der Waals surface area contributed by atoms with Crippen LogP contribution in [0, 0.1) is 6.92 Å². The number of rotatable bonds is 6. The quantitative estimate of drug-likeness (QED) is 0.741. The van der Waals surface area contributed by atoms with Gasteiger partial charge in [0.05, 0.1) is 6.61 Å². The van der Waals surface area contributed by atoms with E-state index in [0.717, 1.165) is 19.7 Å². The minimum atomic E-state index is 0.416. The molecule has 1 aliphatic carbocycles. The molecule has 0 unspecified atom stereocenters. The summed E-state index contributed by atoms with van der Waals surface area (Å²) in [4.78, 5) is 0. The summed E-state index contributed by atoms with van der Waals surface area (Å²) in [5.41, 5.74) is 3.37. The van der Waals surface area contributed by atoms with Gasteiger partial charge in [0, 0.05) is 25.6 Å². The molecule has 1 saturated carbocycles. The molecular formula is C14H21NO. The van der Waals surface area contributed by atoms with Gasteiger partial charge in [0.15, 0.2) is 0 Å². The summed E-state index contributed by atoms with van der Waals surface area (Å²) in [5, 5.41) is 3.49. The van der Waals surface area contributed by atoms with Crippen molar-refractivity contribution in [3.8, 4) is 0 Å². The van der Waals surface area contributed by atoms with E-state index in [-0.39, 0.29) is 0 Å². The molecule has 1 N–H and O–H groups in total. The number of ether oxygens (including phenoxy) is 1. The first-order chi connectivity index (χ1) is 7.78. The lowest BCUT2D eigenvalue weighted by molar-refractivity contribution is 0.198. The highest BCUT2D eigenvalue weighted by atomic mass is 16.5. The molecule has 1 fully saturated rings. The van der Waals surface area contributed by atoms with Crippen LogP contribution in [-0.4, -0.2) is 26.8 Å². The third-order valence-electron chi connectivity index (χ3n) is 3.52. The molecule has 0 saturated heterocycles. The van der Waals surface area contributed by atoms with Crippen LogP contribution in [0.3, 0.4) is 0 Å². The third-order valence-corrected chi connectivity index (χ3v) is 3.52. The Morgan fingerprint density at radius 2 is 2.06 bits per heavy atom. The van der Waals surface area contributed by atoms with Gasteiger partial charge in [-0.05, 0) is 30.9 Å². The molecule has 1 aromatic carbocycles. The summed E-state index contributed by atoms with van der Waals surface area (Å²) in [6, 6.07) is 8.76. The molecule has 0 atom stereocenters. The van der Waals surface area contributed by atoms with E-state index in [2.05, 4.69) is 36.5 Å². The van der Waals surface area contributed by atoms with Crippen LogP contribution in [-0.2, 0) is 10.2 Å². The average Bonchev–Trinajstić information content (AvgIpc) is 3.06. The lowest BCUT2D eigenvalue weighted by Gasteiger charge is -2.18. The molecule has 0 amide bonds. The molecule has 16 heavy (non-hydrogen) atoms. The smallest absolute Gasteiger partial charge is 0.0587 e. The van der Waals surface area contributed by atoms with Crippen molar-refractivity contribution in [2.45, 2.75) is 25.2 Å². The van der Waals surface area contributed by atoms with Gasteiger partial charge in [0.2, 0.25) is 0 Å². The number of benzene rings is 1. The second-order valence-electron chi connectivity index (χ2n) is 4.76. The van der Waals surface area contributed by atoms with E-state index in [1.54, 1.807) is 7.11 Å². The van der Waals surface area contributed by atoms with E-state index in [0.29, 0.717) is 5.41 Å². The Morgan fingerprint density at radius 3 is 2.69 bits per heavy atom. The molecule has 88 valence electrons. The first-order valence-corrected chi connectivity index (χ1v) is 6.04. The zero-order chi connectivity index (χ0) is 11.4. The fourth-order valence-electron chi connectivity index (χ4n) is 2.36. The summed E-state index contributed by atoms with van der Waals surface area (Å²) in [6.45, 7) is 5.04. The molecule has 0 heterocycles. The molecule has 0 aliphatic heterocycles. The van der Waals surface area contributed by atoms with Crippen molar-refractivity contribution in [1.29, 1.82) is 0 Å². The zero-order valence-corrected chi connectivity index (χ0v) is 10.3. The monoisotopic (exact) mass is 219 g/mol. The van der Waals surface area contributed by atoms with Crippen molar-refractivity contribution in [2.75, 3.05) is 26.8 Å². The zero-order valence-electron chi connectivity index (χ0n) is 10.3. The number of hydrogen-bond acceptors (Lipinski definition) is 2. The molecule has 0 spiro atoms. The highest BCUT2D eigenvalue weighted by Crippen LogP contribution is 2.48. The highest BCUT2D eigenvalue weighted by Gasteiger charge is 2.44. The normalized spacial score (nSPS) is 17.4. The second kappa shape index (κ2) is 4.98. The Labute approximate surface area is 98.0 Å². The summed E-state index contributed by atoms with van der Waals surface area (Å²) in [5.74, 6) is 0. The number of methoxy groups -OCH3 is 1. The van der Waals surface area contributed by atoms with Gasteiger partial charge in [-0.3, -0.25) is 0 Å². The Hall–Kier alpha value is -0.860. The predicted octanol–water partition coefficient (Wildman–Crippen LogP) is 2.26. The SMILES string of the molecule is COCCNCC1(c2ccccc2C)CC1. The van der Waals surface area contributed by atoms with Crippen molar-refractivity contribution in [3.63, 3.8) is 0 Å². The van der Waals surface area contributed by atoms with Gasteiger partial charge >= 0.3 is 0 Å². The maximum absolute atomic E-state index is 5.04. The van der Waals surface area contributed by atoms with Crippen molar-refractivity contribution in [3.05, 3.63) is 35.4 Å². The van der Waals surface area contributed by atoms with Crippen LogP contribution >= 0.6 is 0 Å². The Balaban J connectivity index is 1.95. The van der Waals surface area contributed by atoms with Crippen LogP contribution < -0.4 is 5.32 Å². The predicted molar refractivity (Wildman–Crippen MR) is 66.8 cm³/mol. The molecular weight excluding hydrogens is 198 g/mol. The highest BCUT2D eigenvalue weighted by molar-refractivity contribution is 5.38. The average molecular weight is 219 g/mol. The van der Waals surface area contributed by atoms with Gasteiger partial charge in [-0.2, -0.15) is 0 Å². The van der Waals surface area contributed by atoms with Crippen LogP contribution in [0.2, 0.25) is 0 Å². The van der Waals surface area contributed by atoms with E-state index in [4.69, 9.17) is 4.74 Å². The third kappa shape index (κ3) is 2.45. The lowest BCUT2D eigenvalue weighted by atomic mass is 9.92. The summed E-state index contributed by atoms with van der Waals surface area (Å²) < 4.78 is 5.04. The standard InChI is InChI=1S/C14H21NO/c1-12-5-3-4-6-13(12)14(7-8-14)11-15-9-10-16-2/h3-6,15H,7-11H2,1-2H3. The Kier molecular flexibility index (Phi) is 3.62. The van der Waals surface area contributed by atoms with Gasteiger partial charge in [-0.1, -0.05) is 24.3 Å². The van der Waals surface area contributed by atoms with Crippen LogP contribution in [0.15, 0.2) is 24.3 Å². The Morgan fingerprint density at radius 1 is 1.31 bits per heavy atom. The topological polar surface area (TPSA) is 21.3 Å². The summed E-state index contributed by atoms with van der Waals surface area (Å²) in [6.07, 6.45) is 2.63. The molecule has 1 aliphatic rings. The van der Waals surface area contributed by atoms with Crippen molar-refractivity contribution >= 4 is 0 Å².